The van der Waals surface area contributed by atoms with Gasteiger partial charge in [-0.05, 0) is 37.7 Å². The van der Waals surface area contributed by atoms with Gasteiger partial charge in [0.25, 0.3) is 0 Å². The van der Waals surface area contributed by atoms with Crippen LogP contribution in [0.2, 0.25) is 0 Å². The van der Waals surface area contributed by atoms with Gasteiger partial charge in [-0.2, -0.15) is 0 Å². The topological polar surface area (TPSA) is 58.2 Å². The predicted octanol–water partition coefficient (Wildman–Crippen LogP) is 2.72. The summed E-state index contributed by atoms with van der Waals surface area (Å²) in [5, 5.41) is 3.09. The van der Waals surface area contributed by atoms with Crippen molar-refractivity contribution < 1.29 is 17.2 Å². The number of benzene rings is 2. The van der Waals surface area contributed by atoms with Crippen LogP contribution in [0.15, 0.2) is 47.4 Å². The van der Waals surface area contributed by atoms with Gasteiger partial charge >= 0.3 is 0 Å². The Kier molecular flexibility index (Phi) is 5.46. The van der Waals surface area contributed by atoms with Crippen LogP contribution in [-0.4, -0.2) is 15.5 Å². The van der Waals surface area contributed by atoms with Gasteiger partial charge in [0.1, 0.15) is 11.6 Å². The van der Waals surface area contributed by atoms with E-state index >= 15 is 0 Å². The molecule has 2 aromatic carbocycles. The molecule has 0 heterocycles. The molecule has 2 N–H and O–H groups in total. The first-order chi connectivity index (χ1) is 10.8. The number of sulfonamides is 1. The van der Waals surface area contributed by atoms with Crippen molar-refractivity contribution in [3.05, 3.63) is 65.2 Å². The molecule has 0 bridgehead atoms. The molecule has 0 amide bonds. The van der Waals surface area contributed by atoms with E-state index in [1.54, 1.807) is 18.2 Å². The summed E-state index contributed by atoms with van der Waals surface area (Å²) in [5.74, 6) is -1.24. The maximum absolute atomic E-state index is 13.6. The molecule has 0 saturated heterocycles. The summed E-state index contributed by atoms with van der Waals surface area (Å²) < 4.78 is 52.4. The fourth-order valence-electron chi connectivity index (χ4n) is 2.11. The largest absolute Gasteiger partial charge is 0.306 e. The van der Waals surface area contributed by atoms with E-state index < -0.39 is 21.7 Å². The monoisotopic (exact) mass is 340 g/mol. The van der Waals surface area contributed by atoms with Crippen molar-refractivity contribution in [2.45, 2.75) is 24.4 Å². The molecule has 4 nitrogen and oxygen atoms in total. The first-order valence-corrected chi connectivity index (χ1v) is 8.52. The molecule has 0 aliphatic rings. The lowest BCUT2D eigenvalue weighted by Gasteiger charge is -2.16. The van der Waals surface area contributed by atoms with Crippen molar-refractivity contribution >= 4 is 10.0 Å². The van der Waals surface area contributed by atoms with Gasteiger partial charge < -0.3 is 5.32 Å². The summed E-state index contributed by atoms with van der Waals surface area (Å²) in [6, 6.07) is 9.71. The third kappa shape index (κ3) is 4.34. The first-order valence-electron chi connectivity index (χ1n) is 7.04. The Labute approximate surface area is 134 Å². The van der Waals surface area contributed by atoms with E-state index in [1.807, 2.05) is 6.92 Å². The molecule has 124 valence electrons. The van der Waals surface area contributed by atoms with Crippen LogP contribution in [0.1, 0.15) is 24.1 Å². The number of hydrogen-bond donors (Lipinski definition) is 2. The van der Waals surface area contributed by atoms with Crippen molar-refractivity contribution in [1.29, 1.82) is 0 Å². The molecule has 0 unspecified atom stereocenters. The molecule has 23 heavy (non-hydrogen) atoms. The van der Waals surface area contributed by atoms with Crippen molar-refractivity contribution in [3.63, 3.8) is 0 Å². The van der Waals surface area contributed by atoms with Crippen LogP contribution in [0, 0.1) is 11.6 Å². The van der Waals surface area contributed by atoms with Gasteiger partial charge in [-0.1, -0.05) is 18.2 Å². The Bertz CT molecular complexity index is 794. The zero-order valence-electron chi connectivity index (χ0n) is 12.8. The third-order valence-electron chi connectivity index (χ3n) is 3.55. The summed E-state index contributed by atoms with van der Waals surface area (Å²) in [4.78, 5) is 0.166. The van der Waals surface area contributed by atoms with Gasteiger partial charge in [-0.3, -0.25) is 0 Å². The van der Waals surface area contributed by atoms with E-state index in [9.17, 15) is 17.2 Å². The molecule has 1 atom stereocenters. The summed E-state index contributed by atoms with van der Waals surface area (Å²) in [6.07, 6.45) is 0. The number of nitrogens with one attached hydrogen (secondary N) is 2. The Hall–Kier alpha value is -1.83. The molecule has 0 aromatic heterocycles. The van der Waals surface area contributed by atoms with Gasteiger partial charge in [0.15, 0.2) is 0 Å². The van der Waals surface area contributed by atoms with Crippen LogP contribution in [-0.2, 0) is 16.6 Å². The Morgan fingerprint density at radius 1 is 1.13 bits per heavy atom. The second kappa shape index (κ2) is 7.16. The fraction of sp³-hybridized carbons (Fsp3) is 0.250. The second-order valence-electron chi connectivity index (χ2n) is 5.12. The lowest BCUT2D eigenvalue weighted by Crippen LogP contribution is -2.21. The molecule has 7 heteroatoms. The Balaban J connectivity index is 2.12. The van der Waals surface area contributed by atoms with E-state index in [0.29, 0.717) is 5.56 Å². The van der Waals surface area contributed by atoms with Gasteiger partial charge in [-0.25, -0.2) is 21.9 Å². The summed E-state index contributed by atoms with van der Waals surface area (Å²) in [6.45, 7) is 2.04. The molecule has 0 aliphatic carbocycles. The normalized spacial score (nSPS) is 13.0. The van der Waals surface area contributed by atoms with Gasteiger partial charge in [0, 0.05) is 24.2 Å². The van der Waals surface area contributed by atoms with Crippen LogP contribution < -0.4 is 10.0 Å². The van der Waals surface area contributed by atoms with Gasteiger partial charge in [0.05, 0.1) is 4.90 Å². The highest BCUT2D eigenvalue weighted by molar-refractivity contribution is 7.89. The summed E-state index contributed by atoms with van der Waals surface area (Å²) in [7, 11) is -2.16. The third-order valence-corrected chi connectivity index (χ3v) is 4.96. The average Bonchev–Trinajstić information content (AvgIpc) is 2.54. The molecule has 0 saturated carbocycles. The lowest BCUT2D eigenvalue weighted by atomic mass is 10.1. The maximum atomic E-state index is 13.6. The minimum absolute atomic E-state index is 0.166. The number of rotatable bonds is 6. The van der Waals surface area contributed by atoms with E-state index in [-0.39, 0.29) is 17.5 Å². The fourth-order valence-corrected chi connectivity index (χ4v) is 2.90. The second-order valence-corrected chi connectivity index (χ2v) is 7.00. The Morgan fingerprint density at radius 3 is 2.52 bits per heavy atom. The van der Waals surface area contributed by atoms with Crippen molar-refractivity contribution in [3.8, 4) is 0 Å². The predicted molar refractivity (Wildman–Crippen MR) is 84.3 cm³/mol. The first kappa shape index (κ1) is 17.5. The summed E-state index contributed by atoms with van der Waals surface area (Å²) >= 11 is 0. The highest BCUT2D eigenvalue weighted by Crippen LogP contribution is 2.18. The van der Waals surface area contributed by atoms with Crippen LogP contribution in [0.25, 0.3) is 0 Å². The maximum Gasteiger partial charge on any atom is 0.240 e. The molecule has 0 aliphatic heterocycles. The van der Waals surface area contributed by atoms with E-state index in [4.69, 9.17) is 0 Å². The average molecular weight is 340 g/mol. The van der Waals surface area contributed by atoms with Crippen molar-refractivity contribution in [1.82, 2.24) is 10.0 Å². The quantitative estimate of drug-likeness (QED) is 0.850. The van der Waals surface area contributed by atoms with E-state index in [1.165, 1.54) is 25.2 Å². The molecular weight excluding hydrogens is 322 g/mol. The highest BCUT2D eigenvalue weighted by Gasteiger charge is 2.14. The van der Waals surface area contributed by atoms with Crippen LogP contribution in [0.3, 0.4) is 0 Å². The minimum atomic E-state index is -3.51. The van der Waals surface area contributed by atoms with E-state index in [0.717, 1.165) is 11.6 Å². The number of halogens is 2. The van der Waals surface area contributed by atoms with Crippen LogP contribution in [0.5, 0.6) is 0 Å². The highest BCUT2D eigenvalue weighted by atomic mass is 32.2. The standard InChI is InChI=1S/C16H18F2N2O2S/c1-11(20-10-13-6-7-14(17)9-16(13)18)12-4-3-5-15(8-12)23(21,22)19-2/h3-9,11,19-20H,10H2,1-2H3/t11-/m0/s1. The SMILES string of the molecule is CNS(=O)(=O)c1cccc([C@H](C)NCc2ccc(F)cc2F)c1. The van der Waals surface area contributed by atoms with Gasteiger partial charge in [-0.15, -0.1) is 0 Å². The molecule has 0 spiro atoms. The molecule has 0 fully saturated rings. The lowest BCUT2D eigenvalue weighted by molar-refractivity contribution is 0.533. The zero-order valence-corrected chi connectivity index (χ0v) is 13.6. The smallest absolute Gasteiger partial charge is 0.240 e. The molecule has 2 rings (SSSR count). The minimum Gasteiger partial charge on any atom is -0.306 e. The van der Waals surface area contributed by atoms with Crippen molar-refractivity contribution in [2.24, 2.45) is 0 Å². The van der Waals surface area contributed by atoms with Crippen LogP contribution in [0.4, 0.5) is 8.78 Å². The molecule has 2 aromatic rings. The Morgan fingerprint density at radius 2 is 1.87 bits per heavy atom. The number of hydrogen-bond acceptors (Lipinski definition) is 3. The van der Waals surface area contributed by atoms with Crippen LogP contribution >= 0.6 is 0 Å². The van der Waals surface area contributed by atoms with Gasteiger partial charge in [0.2, 0.25) is 10.0 Å². The van der Waals surface area contributed by atoms with E-state index in [2.05, 4.69) is 10.0 Å². The van der Waals surface area contributed by atoms with Crippen molar-refractivity contribution in [2.75, 3.05) is 7.05 Å². The molecular formula is C16H18F2N2O2S. The zero-order chi connectivity index (χ0) is 17.0. The summed E-state index contributed by atoms with van der Waals surface area (Å²) in [5.41, 5.74) is 1.10. The molecule has 0 radical (unpaired) electrons.